The summed E-state index contributed by atoms with van der Waals surface area (Å²) in [5.74, 6) is 0.581. The van der Waals surface area contributed by atoms with Crippen LogP contribution in [0.2, 0.25) is 0 Å². The molecule has 1 amide bonds. The Morgan fingerprint density at radius 1 is 1.19 bits per heavy atom. The molecule has 4 rings (SSSR count). The molecule has 5 nitrogen and oxygen atoms in total. The van der Waals surface area contributed by atoms with E-state index in [1.165, 1.54) is 26.4 Å². The zero-order valence-corrected chi connectivity index (χ0v) is 16.4. The summed E-state index contributed by atoms with van der Waals surface area (Å²) in [7, 11) is 1.38. The van der Waals surface area contributed by atoms with Gasteiger partial charge in [-0.05, 0) is 42.8 Å². The second-order valence-electron chi connectivity index (χ2n) is 7.00. The van der Waals surface area contributed by atoms with Crippen molar-refractivity contribution in [1.29, 1.82) is 0 Å². The number of carbonyl (C=O) groups is 2. The van der Waals surface area contributed by atoms with Gasteiger partial charge in [-0.3, -0.25) is 9.69 Å². The molecule has 138 valence electrons. The number of fused-ring (bicyclic) bond motifs is 1. The largest absolute Gasteiger partial charge is 0.465 e. The fourth-order valence-corrected chi connectivity index (χ4v) is 6.11. The normalized spacial score (nSPS) is 26.3. The third-order valence-corrected chi connectivity index (χ3v) is 7.24. The molecule has 2 atom stereocenters. The lowest BCUT2D eigenvalue weighted by molar-refractivity contribution is -0.129. The summed E-state index contributed by atoms with van der Waals surface area (Å²) in [4.78, 5) is 28.6. The van der Waals surface area contributed by atoms with Gasteiger partial charge in [-0.15, -0.1) is 11.8 Å². The van der Waals surface area contributed by atoms with Crippen LogP contribution in [-0.2, 0) is 9.53 Å². The van der Waals surface area contributed by atoms with E-state index in [4.69, 9.17) is 17.0 Å². The van der Waals surface area contributed by atoms with Gasteiger partial charge in [0.1, 0.15) is 11.4 Å². The molecule has 1 saturated carbocycles. The number of methoxy groups -OCH3 is 1. The molecule has 0 N–H and O–H groups in total. The summed E-state index contributed by atoms with van der Waals surface area (Å²) < 4.78 is 4.76. The van der Waals surface area contributed by atoms with E-state index in [1.807, 2.05) is 17.0 Å². The lowest BCUT2D eigenvalue weighted by Gasteiger charge is -2.32. The van der Waals surface area contributed by atoms with Crippen molar-refractivity contribution in [3.63, 3.8) is 0 Å². The number of carbonyl (C=O) groups excluding carboxylic acids is 2. The number of nitrogens with zero attached hydrogens (tertiary/aromatic N) is 2. The van der Waals surface area contributed by atoms with Gasteiger partial charge in [-0.1, -0.05) is 31.4 Å². The highest BCUT2D eigenvalue weighted by Gasteiger charge is 2.52. The zero-order valence-electron chi connectivity index (χ0n) is 14.7. The van der Waals surface area contributed by atoms with Crippen LogP contribution < -0.4 is 0 Å². The molecule has 2 aliphatic heterocycles. The second kappa shape index (κ2) is 7.19. The van der Waals surface area contributed by atoms with Crippen LogP contribution in [0, 0.1) is 0 Å². The molecule has 2 saturated heterocycles. The number of benzene rings is 1. The molecule has 7 heteroatoms. The van der Waals surface area contributed by atoms with Gasteiger partial charge in [0.2, 0.25) is 0 Å². The molecule has 3 aliphatic rings. The Morgan fingerprint density at radius 3 is 2.54 bits per heavy atom. The van der Waals surface area contributed by atoms with Crippen molar-refractivity contribution >= 4 is 41.0 Å². The zero-order chi connectivity index (χ0) is 18.3. The van der Waals surface area contributed by atoms with Crippen LogP contribution in [0.5, 0.6) is 0 Å². The van der Waals surface area contributed by atoms with Gasteiger partial charge < -0.3 is 9.64 Å². The monoisotopic (exact) mass is 390 g/mol. The standard InChI is InChI=1S/C19H22N2O3S2/c1-24-18(23)13-9-7-12(8-10-13)17-21-15(11-26-17)16(22)20(19(21)25)14-5-3-2-4-6-14/h7-10,14-15,17H,2-6,11H2,1H3. The molecule has 0 spiro atoms. The molecule has 3 fully saturated rings. The number of hydrogen-bond acceptors (Lipinski definition) is 5. The first-order chi connectivity index (χ1) is 12.6. The SMILES string of the molecule is COC(=O)c1ccc(C2SCC3C(=O)N(C4CCCCC4)C(=S)N32)cc1. The van der Waals surface area contributed by atoms with Crippen LogP contribution in [0.15, 0.2) is 24.3 Å². The Kier molecular flexibility index (Phi) is 4.92. The second-order valence-corrected chi connectivity index (χ2v) is 8.48. The molecule has 2 unspecified atom stereocenters. The minimum absolute atomic E-state index is 0.0248. The van der Waals surface area contributed by atoms with E-state index in [0.29, 0.717) is 10.7 Å². The molecule has 26 heavy (non-hydrogen) atoms. The topological polar surface area (TPSA) is 49.9 Å². The average Bonchev–Trinajstić information content (AvgIpc) is 3.22. The van der Waals surface area contributed by atoms with E-state index in [-0.39, 0.29) is 29.3 Å². The van der Waals surface area contributed by atoms with Gasteiger partial charge in [-0.25, -0.2) is 4.79 Å². The highest BCUT2D eigenvalue weighted by Crippen LogP contribution is 2.46. The van der Waals surface area contributed by atoms with E-state index >= 15 is 0 Å². The van der Waals surface area contributed by atoms with Gasteiger partial charge in [0.25, 0.3) is 5.91 Å². The minimum atomic E-state index is -0.344. The van der Waals surface area contributed by atoms with Gasteiger partial charge in [0, 0.05) is 11.8 Å². The Morgan fingerprint density at radius 2 is 1.88 bits per heavy atom. The molecule has 0 bridgehead atoms. The number of thiocarbonyl (C=S) groups is 1. The van der Waals surface area contributed by atoms with Crippen molar-refractivity contribution in [3.05, 3.63) is 35.4 Å². The van der Waals surface area contributed by atoms with Gasteiger partial charge in [-0.2, -0.15) is 0 Å². The lowest BCUT2D eigenvalue weighted by atomic mass is 9.94. The number of hydrogen-bond donors (Lipinski definition) is 0. The third kappa shape index (κ3) is 2.91. The Hall–Kier alpha value is -1.60. The van der Waals surface area contributed by atoms with Crippen molar-refractivity contribution in [2.24, 2.45) is 0 Å². The van der Waals surface area contributed by atoms with Crippen molar-refractivity contribution in [1.82, 2.24) is 9.80 Å². The number of rotatable bonds is 3. The van der Waals surface area contributed by atoms with Crippen LogP contribution in [0.4, 0.5) is 0 Å². The molecule has 2 heterocycles. The van der Waals surface area contributed by atoms with Crippen LogP contribution in [0.1, 0.15) is 53.4 Å². The first-order valence-corrected chi connectivity index (χ1v) is 10.5. The molecule has 1 aliphatic carbocycles. The fourth-order valence-electron chi connectivity index (χ4n) is 4.14. The summed E-state index contributed by atoms with van der Waals surface area (Å²) in [6, 6.07) is 7.52. The van der Waals surface area contributed by atoms with Gasteiger partial charge in [0.05, 0.1) is 12.7 Å². The number of thioether (sulfide) groups is 1. The summed E-state index contributed by atoms with van der Waals surface area (Å²) in [6.45, 7) is 0. The summed E-state index contributed by atoms with van der Waals surface area (Å²) in [5.41, 5.74) is 1.59. The number of amides is 1. The summed E-state index contributed by atoms with van der Waals surface area (Å²) in [5, 5.41) is 0.704. The summed E-state index contributed by atoms with van der Waals surface area (Å²) >= 11 is 7.48. The van der Waals surface area contributed by atoms with Crippen molar-refractivity contribution < 1.29 is 14.3 Å². The van der Waals surface area contributed by atoms with Crippen LogP contribution in [-0.4, -0.2) is 51.7 Å². The van der Waals surface area contributed by atoms with Crippen molar-refractivity contribution in [2.75, 3.05) is 12.9 Å². The molecular weight excluding hydrogens is 368 g/mol. The molecule has 1 aromatic rings. The highest BCUT2D eigenvalue weighted by molar-refractivity contribution is 7.99. The van der Waals surface area contributed by atoms with Gasteiger partial charge >= 0.3 is 5.97 Å². The van der Waals surface area contributed by atoms with Crippen LogP contribution >= 0.6 is 24.0 Å². The molecule has 0 radical (unpaired) electrons. The first-order valence-electron chi connectivity index (χ1n) is 9.07. The van der Waals surface area contributed by atoms with E-state index < -0.39 is 0 Å². The molecule has 1 aromatic carbocycles. The van der Waals surface area contributed by atoms with E-state index in [1.54, 1.807) is 23.9 Å². The van der Waals surface area contributed by atoms with E-state index in [0.717, 1.165) is 24.2 Å². The summed E-state index contributed by atoms with van der Waals surface area (Å²) in [6.07, 6.45) is 5.71. The maximum absolute atomic E-state index is 13.0. The van der Waals surface area contributed by atoms with E-state index in [9.17, 15) is 9.59 Å². The van der Waals surface area contributed by atoms with Gasteiger partial charge in [0.15, 0.2) is 5.11 Å². The van der Waals surface area contributed by atoms with E-state index in [2.05, 4.69) is 4.90 Å². The Labute approximate surface area is 163 Å². The van der Waals surface area contributed by atoms with Crippen molar-refractivity contribution in [3.8, 4) is 0 Å². The highest BCUT2D eigenvalue weighted by atomic mass is 32.2. The Bertz CT molecular complexity index is 731. The van der Waals surface area contributed by atoms with Crippen LogP contribution in [0.25, 0.3) is 0 Å². The number of esters is 1. The van der Waals surface area contributed by atoms with Crippen LogP contribution in [0.3, 0.4) is 0 Å². The number of ether oxygens (including phenoxy) is 1. The average molecular weight is 391 g/mol. The third-order valence-electron chi connectivity index (χ3n) is 5.51. The quantitative estimate of drug-likeness (QED) is 0.583. The van der Waals surface area contributed by atoms with Crippen molar-refractivity contribution in [2.45, 2.75) is 49.6 Å². The predicted molar refractivity (Wildman–Crippen MR) is 105 cm³/mol. The first kappa shape index (κ1) is 17.8. The predicted octanol–water partition coefficient (Wildman–Crippen LogP) is 3.35. The fraction of sp³-hybridized carbons (Fsp3) is 0.526. The smallest absolute Gasteiger partial charge is 0.337 e. The molecular formula is C19H22N2O3S2. The lowest BCUT2D eigenvalue weighted by Crippen LogP contribution is -2.42. The maximum atomic E-state index is 13.0. The molecule has 0 aromatic heterocycles. The Balaban J connectivity index is 1.56. The minimum Gasteiger partial charge on any atom is -0.465 e. The maximum Gasteiger partial charge on any atom is 0.337 e.